The molecule has 0 atom stereocenters. The minimum Gasteiger partial charge on any atom is -0.368 e. The van der Waals surface area contributed by atoms with Crippen LogP contribution in [0.1, 0.15) is 42.5 Å². The van der Waals surface area contributed by atoms with Crippen molar-refractivity contribution in [2.24, 2.45) is 0 Å². The number of likely N-dealkylation sites (N-methyl/N-ethyl adjacent to an activating group) is 1. The van der Waals surface area contributed by atoms with Gasteiger partial charge in [0.25, 0.3) is 5.91 Å². The Labute approximate surface area is 132 Å². The second-order valence-corrected chi connectivity index (χ2v) is 6.53. The van der Waals surface area contributed by atoms with Crippen LogP contribution in [-0.2, 0) is 0 Å². The van der Waals surface area contributed by atoms with Crippen molar-refractivity contribution in [1.82, 2.24) is 15.2 Å². The van der Waals surface area contributed by atoms with Crippen LogP contribution in [-0.4, -0.2) is 55.1 Å². The van der Waals surface area contributed by atoms with Crippen LogP contribution >= 0.6 is 0 Å². The van der Waals surface area contributed by atoms with E-state index in [0.717, 1.165) is 44.7 Å². The molecule has 1 amide bonds. The number of hydrogen-bond acceptors (Lipinski definition) is 4. The second-order valence-electron chi connectivity index (χ2n) is 6.53. The molecule has 0 spiro atoms. The molecule has 1 N–H and O–H groups in total. The molecule has 2 aliphatic rings. The van der Waals surface area contributed by atoms with Gasteiger partial charge in [0.15, 0.2) is 0 Å². The molecular formula is C17H26N4O. The van der Waals surface area contributed by atoms with Gasteiger partial charge in [0.2, 0.25) is 0 Å². The summed E-state index contributed by atoms with van der Waals surface area (Å²) in [5.74, 6) is 0.0235. The van der Waals surface area contributed by atoms with Gasteiger partial charge in [0.05, 0.1) is 17.4 Å². The summed E-state index contributed by atoms with van der Waals surface area (Å²) in [5, 5.41) is 3.17. The summed E-state index contributed by atoms with van der Waals surface area (Å²) < 4.78 is 0. The van der Waals surface area contributed by atoms with E-state index in [1.54, 1.807) is 6.20 Å². The number of carbonyl (C=O) groups excluding carboxylic acids is 1. The zero-order valence-electron chi connectivity index (χ0n) is 13.4. The highest BCUT2D eigenvalue weighted by molar-refractivity contribution is 5.94. The van der Waals surface area contributed by atoms with Gasteiger partial charge >= 0.3 is 0 Å². The molecule has 1 aliphatic heterocycles. The molecule has 3 rings (SSSR count). The van der Waals surface area contributed by atoms with Crippen molar-refractivity contribution in [3.63, 3.8) is 0 Å². The molecular weight excluding hydrogens is 276 g/mol. The van der Waals surface area contributed by atoms with Gasteiger partial charge in [-0.2, -0.15) is 0 Å². The molecule has 0 aromatic carbocycles. The third kappa shape index (κ3) is 3.77. The standard InChI is InChI=1S/C17H26N4O/c1-20-7-9-21(10-8-20)16-11-14(12-18-13-16)17(22)19-15-5-3-2-4-6-15/h11-13,15H,2-10H2,1H3,(H,19,22). The number of pyridine rings is 1. The van der Waals surface area contributed by atoms with Crippen LogP contribution in [0.4, 0.5) is 5.69 Å². The highest BCUT2D eigenvalue weighted by Gasteiger charge is 2.19. The normalized spacial score (nSPS) is 20.9. The van der Waals surface area contributed by atoms with E-state index in [1.165, 1.54) is 19.3 Å². The summed E-state index contributed by atoms with van der Waals surface area (Å²) in [7, 11) is 2.14. The Hall–Kier alpha value is -1.62. The first-order chi connectivity index (χ1) is 10.7. The lowest BCUT2D eigenvalue weighted by Gasteiger charge is -2.34. The largest absolute Gasteiger partial charge is 0.368 e. The molecule has 0 radical (unpaired) electrons. The van der Waals surface area contributed by atoms with Crippen molar-refractivity contribution in [2.75, 3.05) is 38.1 Å². The van der Waals surface area contributed by atoms with Crippen LogP contribution in [0.2, 0.25) is 0 Å². The van der Waals surface area contributed by atoms with Gasteiger partial charge in [-0.3, -0.25) is 9.78 Å². The number of carbonyl (C=O) groups is 1. The van der Waals surface area contributed by atoms with E-state index >= 15 is 0 Å². The minimum atomic E-state index is 0.0235. The number of aromatic nitrogens is 1. The number of rotatable bonds is 3. The highest BCUT2D eigenvalue weighted by Crippen LogP contribution is 2.19. The third-order valence-corrected chi connectivity index (χ3v) is 4.79. The molecule has 22 heavy (non-hydrogen) atoms. The van der Waals surface area contributed by atoms with Crippen LogP contribution in [0.15, 0.2) is 18.5 Å². The summed E-state index contributed by atoms with van der Waals surface area (Å²) >= 11 is 0. The fraction of sp³-hybridized carbons (Fsp3) is 0.647. The quantitative estimate of drug-likeness (QED) is 0.926. The average Bonchev–Trinajstić information content (AvgIpc) is 2.56. The minimum absolute atomic E-state index is 0.0235. The Kier molecular flexibility index (Phi) is 4.93. The Morgan fingerprint density at radius 2 is 1.86 bits per heavy atom. The molecule has 5 heteroatoms. The van der Waals surface area contributed by atoms with Crippen molar-refractivity contribution >= 4 is 11.6 Å². The molecule has 120 valence electrons. The Balaban J connectivity index is 1.63. The van der Waals surface area contributed by atoms with Crippen LogP contribution in [0.25, 0.3) is 0 Å². The fourth-order valence-corrected chi connectivity index (χ4v) is 3.31. The number of anilines is 1. The molecule has 2 fully saturated rings. The Bertz CT molecular complexity index is 505. The fourth-order valence-electron chi connectivity index (χ4n) is 3.31. The summed E-state index contributed by atoms with van der Waals surface area (Å²) in [6, 6.07) is 2.32. The van der Waals surface area contributed by atoms with Gasteiger partial charge < -0.3 is 15.1 Å². The zero-order valence-corrected chi connectivity index (χ0v) is 13.4. The van der Waals surface area contributed by atoms with E-state index in [9.17, 15) is 4.79 Å². The predicted molar refractivity (Wildman–Crippen MR) is 88.3 cm³/mol. The predicted octanol–water partition coefficient (Wildman–Crippen LogP) is 1.90. The summed E-state index contributed by atoms with van der Waals surface area (Å²) in [4.78, 5) is 21.3. The number of hydrogen-bond donors (Lipinski definition) is 1. The van der Waals surface area contributed by atoms with Crippen molar-refractivity contribution in [1.29, 1.82) is 0 Å². The number of nitrogens with one attached hydrogen (secondary N) is 1. The number of nitrogens with zero attached hydrogens (tertiary/aromatic N) is 3. The Morgan fingerprint density at radius 1 is 1.14 bits per heavy atom. The first-order valence-corrected chi connectivity index (χ1v) is 8.42. The van der Waals surface area contributed by atoms with Crippen molar-refractivity contribution < 1.29 is 4.79 Å². The smallest absolute Gasteiger partial charge is 0.253 e. The second kappa shape index (κ2) is 7.09. The van der Waals surface area contributed by atoms with Gasteiger partial charge in [0, 0.05) is 38.4 Å². The molecule has 1 aromatic rings. The maximum atomic E-state index is 12.4. The van der Waals surface area contributed by atoms with Crippen LogP contribution in [0.5, 0.6) is 0 Å². The van der Waals surface area contributed by atoms with Crippen molar-refractivity contribution in [3.8, 4) is 0 Å². The average molecular weight is 302 g/mol. The lowest BCUT2D eigenvalue weighted by atomic mass is 9.95. The van der Waals surface area contributed by atoms with Crippen LogP contribution in [0.3, 0.4) is 0 Å². The van der Waals surface area contributed by atoms with Gasteiger partial charge in [0.1, 0.15) is 0 Å². The Morgan fingerprint density at radius 3 is 2.59 bits per heavy atom. The lowest BCUT2D eigenvalue weighted by Crippen LogP contribution is -2.44. The molecule has 1 aliphatic carbocycles. The van der Waals surface area contributed by atoms with Gasteiger partial charge in [-0.05, 0) is 26.0 Å². The first kappa shape index (κ1) is 15.3. The lowest BCUT2D eigenvalue weighted by molar-refractivity contribution is 0.0927. The van der Waals surface area contributed by atoms with E-state index in [2.05, 4.69) is 27.1 Å². The molecule has 5 nitrogen and oxygen atoms in total. The van der Waals surface area contributed by atoms with Crippen LogP contribution < -0.4 is 10.2 Å². The molecule has 0 bridgehead atoms. The van der Waals surface area contributed by atoms with E-state index in [0.29, 0.717) is 11.6 Å². The van der Waals surface area contributed by atoms with E-state index < -0.39 is 0 Å². The van der Waals surface area contributed by atoms with Gasteiger partial charge in [-0.1, -0.05) is 19.3 Å². The topological polar surface area (TPSA) is 48.5 Å². The van der Waals surface area contributed by atoms with E-state index in [-0.39, 0.29) is 5.91 Å². The highest BCUT2D eigenvalue weighted by atomic mass is 16.1. The summed E-state index contributed by atoms with van der Waals surface area (Å²) in [5.41, 5.74) is 1.74. The third-order valence-electron chi connectivity index (χ3n) is 4.79. The molecule has 1 saturated heterocycles. The SMILES string of the molecule is CN1CCN(c2cncc(C(=O)NC3CCCCC3)c2)CC1. The molecule has 1 aromatic heterocycles. The number of amides is 1. The molecule has 2 heterocycles. The van der Waals surface area contributed by atoms with Crippen molar-refractivity contribution in [2.45, 2.75) is 38.1 Å². The molecule has 1 saturated carbocycles. The zero-order chi connectivity index (χ0) is 15.4. The van der Waals surface area contributed by atoms with Gasteiger partial charge in [-0.25, -0.2) is 0 Å². The first-order valence-electron chi connectivity index (χ1n) is 8.42. The monoisotopic (exact) mass is 302 g/mol. The van der Waals surface area contributed by atoms with Gasteiger partial charge in [-0.15, -0.1) is 0 Å². The molecule has 0 unspecified atom stereocenters. The number of piperazine rings is 1. The summed E-state index contributed by atoms with van der Waals surface area (Å²) in [6.45, 7) is 4.09. The maximum absolute atomic E-state index is 12.4. The van der Waals surface area contributed by atoms with E-state index in [4.69, 9.17) is 0 Å². The summed E-state index contributed by atoms with van der Waals surface area (Å²) in [6.07, 6.45) is 9.51. The van der Waals surface area contributed by atoms with E-state index in [1.807, 2.05) is 12.3 Å². The van der Waals surface area contributed by atoms with Crippen LogP contribution in [0, 0.1) is 0 Å². The van der Waals surface area contributed by atoms with Crippen molar-refractivity contribution in [3.05, 3.63) is 24.0 Å². The maximum Gasteiger partial charge on any atom is 0.253 e.